The van der Waals surface area contributed by atoms with Crippen LogP contribution in [0.1, 0.15) is 58.2 Å². The molecule has 2 aromatic rings. The van der Waals surface area contributed by atoms with Crippen molar-refractivity contribution in [1.82, 2.24) is 4.98 Å². The molecule has 0 fully saturated rings. The van der Waals surface area contributed by atoms with Crippen molar-refractivity contribution < 1.29 is 26.6 Å². The molecule has 0 aliphatic rings. The van der Waals surface area contributed by atoms with E-state index in [2.05, 4.69) is 44.8 Å². The van der Waals surface area contributed by atoms with Gasteiger partial charge in [0.15, 0.2) is 0 Å². The van der Waals surface area contributed by atoms with Gasteiger partial charge in [0.25, 0.3) is 0 Å². The normalized spacial score (nSPS) is 11.5. The van der Waals surface area contributed by atoms with E-state index in [0.717, 1.165) is 5.69 Å². The second-order valence-electron chi connectivity index (χ2n) is 5.70. The molecule has 0 radical (unpaired) electrons. The topological polar surface area (TPSA) is 39.2 Å². The van der Waals surface area contributed by atoms with Gasteiger partial charge in [-0.2, -0.15) is 0 Å². The van der Waals surface area contributed by atoms with E-state index < -0.39 is 0 Å². The maximum Gasteiger partial charge on any atom is 0.356 e. The fraction of sp³-hybridized carbons (Fsp3) is 0.368. The molecule has 2 rings (SSSR count). The molecule has 0 saturated carbocycles. The van der Waals surface area contributed by atoms with E-state index in [-0.39, 0.29) is 29.0 Å². The fourth-order valence-electron chi connectivity index (χ4n) is 3.03. The molecular weight excluding hydrogens is 330 g/mol. The first-order valence-electron chi connectivity index (χ1n) is 7.65. The van der Waals surface area contributed by atoms with Crippen LogP contribution >= 0.6 is 0 Å². The number of rotatable bonds is 4. The summed E-state index contributed by atoms with van der Waals surface area (Å²) in [6.07, 6.45) is 0. The molecule has 1 heterocycles. The molecule has 0 spiro atoms. The Hall–Kier alpha value is -1.64. The molecule has 0 aliphatic carbocycles. The Labute approximate surface area is 148 Å². The smallest absolute Gasteiger partial charge is 0.356 e. The van der Waals surface area contributed by atoms with Gasteiger partial charge in [-0.1, -0.05) is 30.7 Å². The molecule has 0 N–H and O–H groups in total. The number of nitrogens with zero attached hydrogens (tertiary/aromatic N) is 1. The molecule has 0 saturated heterocycles. The van der Waals surface area contributed by atoms with Gasteiger partial charge < -0.3 is 4.74 Å². The summed E-state index contributed by atoms with van der Waals surface area (Å²) in [6.45, 7) is 10.6. The number of carbonyl (C=O) groups is 1. The predicted octanol–water partition coefficient (Wildman–Crippen LogP) is 4.33. The molecule has 1 atom stereocenters. The molecule has 0 bridgehead atoms. The number of benzene rings is 1. The Morgan fingerprint density at radius 3 is 2.35 bits per heavy atom. The van der Waals surface area contributed by atoms with E-state index in [9.17, 15) is 4.79 Å². The summed E-state index contributed by atoms with van der Waals surface area (Å²) >= 11 is 0. The SMILES string of the molecule is CCOC(=O)c1cccc(C(C)c2c(C)cc(C)cc2C)n1.[Fe]. The second kappa shape index (κ2) is 8.28. The third-order valence-corrected chi connectivity index (χ3v) is 3.87. The summed E-state index contributed by atoms with van der Waals surface area (Å²) in [4.78, 5) is 16.3. The maximum atomic E-state index is 11.8. The van der Waals surface area contributed by atoms with E-state index in [1.54, 1.807) is 13.0 Å². The molecule has 4 heteroatoms. The monoisotopic (exact) mass is 353 g/mol. The van der Waals surface area contributed by atoms with E-state index >= 15 is 0 Å². The van der Waals surface area contributed by atoms with Crippen LogP contribution in [0.4, 0.5) is 0 Å². The summed E-state index contributed by atoms with van der Waals surface area (Å²) < 4.78 is 5.03. The molecule has 1 aromatic carbocycles. The molecule has 124 valence electrons. The van der Waals surface area contributed by atoms with E-state index in [1.165, 1.54) is 22.3 Å². The first-order valence-corrected chi connectivity index (χ1v) is 7.65. The van der Waals surface area contributed by atoms with Crippen LogP contribution in [0.15, 0.2) is 30.3 Å². The minimum absolute atomic E-state index is 0. The van der Waals surface area contributed by atoms with Crippen molar-refractivity contribution >= 4 is 5.97 Å². The Morgan fingerprint density at radius 2 is 1.78 bits per heavy atom. The number of ether oxygens (including phenoxy) is 1. The maximum absolute atomic E-state index is 11.8. The van der Waals surface area contributed by atoms with Crippen molar-refractivity contribution in [3.63, 3.8) is 0 Å². The number of aryl methyl sites for hydroxylation is 3. The average molecular weight is 353 g/mol. The zero-order valence-corrected chi connectivity index (χ0v) is 15.4. The largest absolute Gasteiger partial charge is 0.461 e. The van der Waals surface area contributed by atoms with Gasteiger partial charge in [-0.05, 0) is 56.5 Å². The van der Waals surface area contributed by atoms with Crippen molar-refractivity contribution in [2.75, 3.05) is 6.61 Å². The van der Waals surface area contributed by atoms with Crippen LogP contribution in [0.3, 0.4) is 0 Å². The third kappa shape index (κ3) is 4.43. The van der Waals surface area contributed by atoms with Gasteiger partial charge in [0, 0.05) is 28.7 Å². The van der Waals surface area contributed by atoms with Gasteiger partial charge in [0.1, 0.15) is 5.69 Å². The first kappa shape index (κ1) is 19.4. The predicted molar refractivity (Wildman–Crippen MR) is 88.4 cm³/mol. The number of esters is 1. The van der Waals surface area contributed by atoms with E-state index in [4.69, 9.17) is 4.74 Å². The zero-order valence-electron chi connectivity index (χ0n) is 14.3. The molecule has 0 amide bonds. The van der Waals surface area contributed by atoms with Gasteiger partial charge in [0.05, 0.1) is 6.61 Å². The summed E-state index contributed by atoms with van der Waals surface area (Å²) in [5.74, 6) is -0.233. The van der Waals surface area contributed by atoms with Crippen LogP contribution < -0.4 is 0 Å². The summed E-state index contributed by atoms with van der Waals surface area (Å²) in [6, 6.07) is 9.90. The minimum Gasteiger partial charge on any atom is -0.461 e. The molecule has 23 heavy (non-hydrogen) atoms. The molecule has 3 nitrogen and oxygen atoms in total. The first-order chi connectivity index (χ1) is 10.4. The number of hydrogen-bond donors (Lipinski definition) is 0. The van der Waals surface area contributed by atoms with Crippen molar-refractivity contribution in [3.05, 3.63) is 64.0 Å². The molecular formula is C19H23FeNO2. The van der Waals surface area contributed by atoms with Gasteiger partial charge >= 0.3 is 5.97 Å². The minimum atomic E-state index is -0.367. The van der Waals surface area contributed by atoms with Crippen LogP contribution in [0.5, 0.6) is 0 Å². The molecule has 0 aliphatic heterocycles. The van der Waals surface area contributed by atoms with Crippen molar-refractivity contribution in [1.29, 1.82) is 0 Å². The Morgan fingerprint density at radius 1 is 1.17 bits per heavy atom. The number of carbonyl (C=O) groups excluding carboxylic acids is 1. The van der Waals surface area contributed by atoms with Crippen LogP contribution in [0.2, 0.25) is 0 Å². The summed E-state index contributed by atoms with van der Waals surface area (Å²) in [5.41, 5.74) is 6.31. The average Bonchev–Trinajstić information content (AvgIpc) is 2.46. The molecule has 1 unspecified atom stereocenters. The van der Waals surface area contributed by atoms with Crippen molar-refractivity contribution in [2.45, 2.75) is 40.5 Å². The second-order valence-corrected chi connectivity index (χ2v) is 5.70. The quantitative estimate of drug-likeness (QED) is 0.607. The van der Waals surface area contributed by atoms with Crippen LogP contribution in [0, 0.1) is 20.8 Å². The third-order valence-electron chi connectivity index (χ3n) is 3.87. The fourth-order valence-corrected chi connectivity index (χ4v) is 3.03. The van der Waals surface area contributed by atoms with Gasteiger partial charge in [0.2, 0.25) is 0 Å². The van der Waals surface area contributed by atoms with Crippen LogP contribution in [0.25, 0.3) is 0 Å². The molecule has 1 aromatic heterocycles. The Bertz CT molecular complexity index is 675. The van der Waals surface area contributed by atoms with Gasteiger partial charge in [-0.15, -0.1) is 0 Å². The Kier molecular flexibility index (Phi) is 6.99. The summed E-state index contributed by atoms with van der Waals surface area (Å²) in [5, 5.41) is 0. The van der Waals surface area contributed by atoms with Gasteiger partial charge in [-0.3, -0.25) is 0 Å². The van der Waals surface area contributed by atoms with Crippen molar-refractivity contribution in [3.8, 4) is 0 Å². The number of pyridine rings is 1. The standard InChI is InChI=1S/C19H23NO2.Fe/c1-6-22-19(21)17-9-7-8-16(20-17)15(5)18-13(3)10-12(2)11-14(18)4;/h7-11,15H,6H2,1-5H3;. The summed E-state index contributed by atoms with van der Waals surface area (Å²) in [7, 11) is 0. The van der Waals surface area contributed by atoms with Crippen LogP contribution in [-0.4, -0.2) is 17.6 Å². The van der Waals surface area contributed by atoms with Crippen LogP contribution in [-0.2, 0) is 21.8 Å². The number of hydrogen-bond acceptors (Lipinski definition) is 3. The van der Waals surface area contributed by atoms with E-state index in [0.29, 0.717) is 12.3 Å². The Balaban J connectivity index is 0.00000264. The van der Waals surface area contributed by atoms with E-state index in [1.807, 2.05) is 12.1 Å². The zero-order chi connectivity index (χ0) is 16.3. The number of aromatic nitrogens is 1. The van der Waals surface area contributed by atoms with Gasteiger partial charge in [-0.25, -0.2) is 9.78 Å². The van der Waals surface area contributed by atoms with Crippen molar-refractivity contribution in [2.24, 2.45) is 0 Å².